The lowest BCUT2D eigenvalue weighted by molar-refractivity contribution is -0.141. The third kappa shape index (κ3) is 12.1. The van der Waals surface area contributed by atoms with Crippen LogP contribution in [-0.4, -0.2) is 127 Å². The number of amides is 2. The number of anilines is 2. The van der Waals surface area contributed by atoms with Crippen molar-refractivity contribution in [1.29, 1.82) is 0 Å². The summed E-state index contributed by atoms with van der Waals surface area (Å²) in [4.78, 5) is 44.3. The Morgan fingerprint density at radius 2 is 1.70 bits per heavy atom. The number of likely N-dealkylation sites (tertiary alicyclic amines) is 2. The molecule has 4 aliphatic rings. The fourth-order valence-corrected chi connectivity index (χ4v) is 11.8. The van der Waals surface area contributed by atoms with Gasteiger partial charge in [-0.05, 0) is 92.8 Å². The number of thiazole rings is 1. The van der Waals surface area contributed by atoms with Crippen molar-refractivity contribution >= 4 is 46.7 Å². The number of pyridine rings is 1. The van der Waals surface area contributed by atoms with Crippen molar-refractivity contribution in [3.05, 3.63) is 113 Å². The van der Waals surface area contributed by atoms with Crippen LogP contribution in [0.2, 0.25) is 0 Å². The number of phenolic OH excluding ortho intramolecular Hbond substituents is 1. The molecule has 5 N–H and O–H groups in total. The molecule has 2 amide bonds. The molecule has 4 atom stereocenters. The Morgan fingerprint density at radius 1 is 0.934 bits per heavy atom. The first-order valence-corrected chi connectivity index (χ1v) is 27.4. The van der Waals surface area contributed by atoms with Gasteiger partial charge in [-0.1, -0.05) is 55.4 Å². The molecular weight excluding hydrogens is 988 g/mol. The lowest BCUT2D eigenvalue weighted by atomic mass is 9.91. The summed E-state index contributed by atoms with van der Waals surface area (Å²) in [7, 11) is 0. The Kier molecular flexibility index (Phi) is 16.1. The summed E-state index contributed by atoms with van der Waals surface area (Å²) in [5.41, 5.74) is 12.3. The summed E-state index contributed by atoms with van der Waals surface area (Å²) >= 11 is 1.59. The van der Waals surface area contributed by atoms with Crippen LogP contribution in [0.15, 0.2) is 89.0 Å². The van der Waals surface area contributed by atoms with E-state index in [0.29, 0.717) is 40.2 Å². The highest BCUT2D eigenvalue weighted by Crippen LogP contribution is 2.37. The second kappa shape index (κ2) is 23.2. The first-order chi connectivity index (χ1) is 36.7. The number of hydrogen-bond acceptors (Lipinski definition) is 16. The minimum Gasteiger partial charge on any atom is -0.507 e. The van der Waals surface area contributed by atoms with Crippen LogP contribution < -0.4 is 20.7 Å². The Hall–Kier alpha value is -6.80. The standard InChI is InChI=1S/C57H67FN10O7S/c1-33(2)53(57(72)68-31-41(69)26-48(68)56(71)62-34(3)37-9-11-38(12-10-37)54-35(4)61-32-76-54)50-29-51(65-75-50)67-21-14-36(15-22-67)30-66-19-16-42(17-20-66)73-43-27-44(28-43)74-52-25-39(13-18-60-52)46(58)23-40-24-47(63-64-55(40)59)45-7-5-6-8-49(45)70/h5-13,18,23-25,29,32-34,36,41-44,48,53,69-70H,14-17,19-22,26-28,30-31H2,1-4H3,(H2,59,64)(H,62,71)/b46-23-/t34-,41+,43-,44-,48-,53+/m0/s1. The van der Waals surface area contributed by atoms with Crippen molar-refractivity contribution in [1.82, 2.24) is 40.4 Å². The summed E-state index contributed by atoms with van der Waals surface area (Å²) in [6, 6.07) is 20.3. The minimum absolute atomic E-state index is 0.0342. The van der Waals surface area contributed by atoms with E-state index in [1.165, 1.54) is 17.2 Å². The van der Waals surface area contributed by atoms with Gasteiger partial charge in [0.2, 0.25) is 17.7 Å². The predicted molar refractivity (Wildman–Crippen MR) is 289 cm³/mol. The van der Waals surface area contributed by atoms with Gasteiger partial charge in [-0.3, -0.25) is 9.59 Å². The zero-order valence-electron chi connectivity index (χ0n) is 43.4. The van der Waals surface area contributed by atoms with Gasteiger partial charge in [-0.15, -0.1) is 21.5 Å². The Bertz CT molecular complexity index is 3000. The number of aliphatic hydroxyl groups excluding tert-OH is 1. The Balaban J connectivity index is 0.646. The summed E-state index contributed by atoms with van der Waals surface area (Å²) in [6.45, 7) is 12.6. The van der Waals surface area contributed by atoms with E-state index in [9.17, 15) is 19.8 Å². The van der Waals surface area contributed by atoms with Crippen molar-refractivity contribution in [2.45, 2.75) is 115 Å². The number of ether oxygens (including phenoxy) is 2. The van der Waals surface area contributed by atoms with E-state index in [0.717, 1.165) is 92.9 Å². The molecule has 17 nitrogen and oxygen atoms in total. The summed E-state index contributed by atoms with van der Waals surface area (Å²) in [6.07, 6.45) is 7.86. The van der Waals surface area contributed by atoms with Crippen molar-refractivity contribution < 1.29 is 38.2 Å². The third-order valence-electron chi connectivity index (χ3n) is 15.4. The molecule has 6 aromatic rings. The molecule has 2 aromatic carbocycles. The largest absolute Gasteiger partial charge is 0.507 e. The van der Waals surface area contributed by atoms with Gasteiger partial charge in [0, 0.05) is 93.6 Å². The average molecular weight is 1060 g/mol. The molecule has 0 spiro atoms. The van der Waals surface area contributed by atoms with E-state index in [4.69, 9.17) is 19.7 Å². The molecule has 7 heterocycles. The van der Waals surface area contributed by atoms with Crippen LogP contribution in [0.4, 0.5) is 16.0 Å². The van der Waals surface area contributed by atoms with Gasteiger partial charge in [0.1, 0.15) is 29.6 Å². The topological polar surface area (TPSA) is 218 Å². The van der Waals surface area contributed by atoms with Crippen LogP contribution in [0.3, 0.4) is 0 Å². The number of halogens is 1. The first kappa shape index (κ1) is 52.6. The van der Waals surface area contributed by atoms with Crippen LogP contribution in [-0.2, 0) is 14.3 Å². The zero-order valence-corrected chi connectivity index (χ0v) is 44.2. The molecule has 76 heavy (non-hydrogen) atoms. The average Bonchev–Trinajstić information content (AvgIpc) is 4.18. The van der Waals surface area contributed by atoms with Crippen LogP contribution >= 0.6 is 11.3 Å². The van der Waals surface area contributed by atoms with E-state index < -0.39 is 23.9 Å². The number of carbonyl (C=O) groups is 2. The van der Waals surface area contributed by atoms with E-state index >= 15 is 4.39 Å². The minimum atomic E-state index is -0.813. The predicted octanol–water partition coefficient (Wildman–Crippen LogP) is 8.60. The fraction of sp³-hybridized carbons (Fsp3) is 0.456. The summed E-state index contributed by atoms with van der Waals surface area (Å²) < 4.78 is 34.2. The summed E-state index contributed by atoms with van der Waals surface area (Å²) in [5.74, 6) is 0.270. The molecule has 19 heteroatoms. The number of para-hydroxylation sites is 1. The number of aliphatic hydroxyl groups is 1. The SMILES string of the molecule is Cc1ncsc1-c1ccc([C@H](C)NC(=O)[C@@H]2C[C@@H](O)CN2C(=O)[C@@H](c2cc(N3CCC(CN4CCC(O[C@H]5C[C@H](Oc6cc(/C(F)=C/c7cc(-c8ccccc8O)nnc7N)ccn6)C5)CC4)CC3)no2)C(C)C)cc1. The van der Waals surface area contributed by atoms with E-state index in [-0.39, 0.29) is 72.2 Å². The second-order valence-electron chi connectivity index (χ2n) is 21.2. The van der Waals surface area contributed by atoms with Gasteiger partial charge in [0.05, 0.1) is 46.1 Å². The van der Waals surface area contributed by atoms with Gasteiger partial charge >= 0.3 is 0 Å². The number of aromatic nitrogens is 5. The molecule has 0 radical (unpaired) electrons. The number of nitrogens with two attached hydrogens (primary N) is 1. The number of nitrogens with zero attached hydrogens (tertiary/aromatic N) is 8. The molecule has 0 unspecified atom stereocenters. The van der Waals surface area contributed by atoms with Crippen molar-refractivity contribution in [3.8, 4) is 33.3 Å². The molecule has 1 aliphatic carbocycles. The van der Waals surface area contributed by atoms with Crippen LogP contribution in [0, 0.1) is 18.8 Å². The number of phenols is 1. The smallest absolute Gasteiger partial charge is 0.243 e. The van der Waals surface area contributed by atoms with Crippen molar-refractivity contribution in [3.63, 3.8) is 0 Å². The van der Waals surface area contributed by atoms with Gasteiger partial charge in [0.15, 0.2) is 17.4 Å². The maximum absolute atomic E-state index is 15.6. The first-order valence-electron chi connectivity index (χ1n) is 26.5. The lowest BCUT2D eigenvalue weighted by Gasteiger charge is -2.41. The highest BCUT2D eigenvalue weighted by atomic mass is 32.1. The van der Waals surface area contributed by atoms with Crippen LogP contribution in [0.5, 0.6) is 11.6 Å². The third-order valence-corrected chi connectivity index (χ3v) is 16.4. The number of nitrogen functional groups attached to an aromatic ring is 1. The molecule has 4 fully saturated rings. The van der Waals surface area contributed by atoms with E-state index in [2.05, 4.69) is 40.4 Å². The molecule has 10 rings (SSSR count). The number of nitrogens with one attached hydrogen (secondary N) is 1. The van der Waals surface area contributed by atoms with Crippen LogP contribution in [0.25, 0.3) is 33.6 Å². The number of aryl methyl sites for hydroxylation is 1. The number of benzene rings is 2. The number of rotatable bonds is 17. The van der Waals surface area contributed by atoms with Gasteiger partial charge in [-0.2, -0.15) is 0 Å². The Labute approximate surface area is 446 Å². The van der Waals surface area contributed by atoms with Gasteiger partial charge in [-0.25, -0.2) is 14.4 Å². The second-order valence-corrected chi connectivity index (χ2v) is 22.0. The molecule has 3 aliphatic heterocycles. The number of hydrogen-bond donors (Lipinski definition) is 4. The number of piperidine rings is 2. The molecule has 400 valence electrons. The summed E-state index contributed by atoms with van der Waals surface area (Å²) in [5, 5.41) is 36.6. The van der Waals surface area contributed by atoms with Crippen LogP contribution in [0.1, 0.15) is 106 Å². The van der Waals surface area contributed by atoms with E-state index in [1.807, 2.05) is 63.5 Å². The molecule has 1 saturated carbocycles. The monoisotopic (exact) mass is 1050 g/mol. The lowest BCUT2D eigenvalue weighted by Crippen LogP contribution is -2.48. The van der Waals surface area contributed by atoms with Crippen molar-refractivity contribution in [2.75, 3.05) is 49.9 Å². The maximum atomic E-state index is 15.6. The molecular formula is C57H67FN10O7S. The van der Waals surface area contributed by atoms with Gasteiger partial charge < -0.3 is 50.0 Å². The normalized spacial score (nSPS) is 21.6. The molecule has 4 aromatic heterocycles. The fourth-order valence-electron chi connectivity index (χ4n) is 11.0. The number of β-amino-alcohol motifs (C(OH)–C–C–N with tert-alkyl or cyclic N) is 1. The van der Waals surface area contributed by atoms with E-state index in [1.54, 1.807) is 53.8 Å². The highest BCUT2D eigenvalue weighted by Gasteiger charge is 2.44. The number of carbonyl (C=O) groups excluding carboxylic acids is 2. The molecule has 0 bridgehead atoms. The Morgan fingerprint density at radius 3 is 2.42 bits per heavy atom. The maximum Gasteiger partial charge on any atom is 0.243 e. The zero-order chi connectivity index (χ0) is 53.0. The van der Waals surface area contributed by atoms with Gasteiger partial charge in [0.25, 0.3) is 0 Å². The quantitative estimate of drug-likeness (QED) is 0.0672. The highest BCUT2D eigenvalue weighted by molar-refractivity contribution is 7.13. The number of aromatic hydroxyl groups is 1. The molecule has 3 saturated heterocycles. The van der Waals surface area contributed by atoms with Crippen molar-refractivity contribution in [2.24, 2.45) is 11.8 Å².